The van der Waals surface area contributed by atoms with Crippen molar-refractivity contribution in [3.8, 4) is 5.82 Å². The molecule has 1 N–H and O–H groups in total. The molecular weight excluding hydrogens is 479 g/mol. The van der Waals surface area contributed by atoms with Crippen LogP contribution < -0.4 is 5.32 Å². The lowest BCUT2D eigenvalue weighted by Gasteiger charge is -2.25. The largest absolute Gasteiger partial charge is 0.438 e. The average molecular weight is 497 g/mol. The van der Waals surface area contributed by atoms with Gasteiger partial charge >= 0.3 is 6.18 Å². The molecule has 1 atom stereocenters. The van der Waals surface area contributed by atoms with Crippen molar-refractivity contribution in [2.75, 3.05) is 5.32 Å². The molecule has 0 saturated heterocycles. The number of nitrogens with one attached hydrogen (secondary N) is 1. The predicted molar refractivity (Wildman–Crippen MR) is 118 cm³/mol. The second kappa shape index (κ2) is 8.59. The fraction of sp³-hybridized carbons (Fsp3) is 0.217. The maximum absolute atomic E-state index is 13.2. The summed E-state index contributed by atoms with van der Waals surface area (Å²) in [7, 11) is 0. The van der Waals surface area contributed by atoms with Crippen molar-refractivity contribution in [3.05, 3.63) is 83.1 Å². The summed E-state index contributed by atoms with van der Waals surface area (Å²) in [5.41, 5.74) is 1.35. The molecule has 36 heavy (non-hydrogen) atoms. The second-order valence-electron chi connectivity index (χ2n) is 8.20. The molecule has 0 spiro atoms. The highest BCUT2D eigenvalue weighted by Gasteiger charge is 2.35. The highest BCUT2D eigenvalue weighted by molar-refractivity contribution is 6.05. The fourth-order valence-electron chi connectivity index (χ4n) is 3.99. The molecule has 2 amide bonds. The Balaban J connectivity index is 1.37. The Morgan fingerprint density at radius 2 is 2.03 bits per heavy atom. The number of halogens is 3. The van der Waals surface area contributed by atoms with E-state index in [4.69, 9.17) is 4.42 Å². The number of pyridine rings is 2. The van der Waals surface area contributed by atoms with Gasteiger partial charge in [0.25, 0.3) is 11.8 Å². The third kappa shape index (κ3) is 4.08. The lowest BCUT2D eigenvalue weighted by Crippen LogP contribution is -2.27. The maximum atomic E-state index is 13.2. The minimum Gasteiger partial charge on any atom is -0.438 e. The van der Waals surface area contributed by atoms with Crippen LogP contribution in [0.1, 0.15) is 56.1 Å². The minimum atomic E-state index is -4.51. The number of hydrogen-bond acceptors (Lipinski definition) is 7. The third-order valence-electron chi connectivity index (χ3n) is 5.91. The van der Waals surface area contributed by atoms with Gasteiger partial charge in [-0.25, -0.2) is 19.6 Å². The van der Waals surface area contributed by atoms with E-state index in [1.807, 2.05) is 6.92 Å². The van der Waals surface area contributed by atoms with Gasteiger partial charge in [-0.3, -0.25) is 9.59 Å². The van der Waals surface area contributed by atoms with Gasteiger partial charge in [-0.15, -0.1) is 0 Å². The van der Waals surface area contributed by atoms with E-state index in [0.717, 1.165) is 23.5 Å². The number of amides is 2. The van der Waals surface area contributed by atoms with Crippen molar-refractivity contribution in [1.29, 1.82) is 0 Å². The molecule has 13 heteroatoms. The highest BCUT2D eigenvalue weighted by Crippen LogP contribution is 2.35. The Morgan fingerprint density at radius 1 is 1.22 bits per heavy atom. The first-order valence-corrected chi connectivity index (χ1v) is 10.7. The van der Waals surface area contributed by atoms with Gasteiger partial charge in [0.15, 0.2) is 12.2 Å². The Morgan fingerprint density at radius 3 is 2.69 bits per heavy atom. The zero-order chi connectivity index (χ0) is 25.6. The standard InChI is InChI=1S/C23H18F3N7O3/c1-12-5-14(6-29-20(12)33-9-15(7-30-33)23(24,25)26)13(2)32-10-17-16(22(32)35)3-4-28-19(17)31-21(34)18-8-27-11-36-18/h3-9,11,13H,10H2,1-2H3,(H,28,31,34). The van der Waals surface area contributed by atoms with Crippen molar-refractivity contribution in [3.63, 3.8) is 0 Å². The monoisotopic (exact) mass is 497 g/mol. The second-order valence-corrected chi connectivity index (χ2v) is 8.20. The molecule has 4 aromatic heterocycles. The zero-order valence-electron chi connectivity index (χ0n) is 18.9. The molecule has 0 aromatic carbocycles. The van der Waals surface area contributed by atoms with Gasteiger partial charge in [0.2, 0.25) is 5.76 Å². The van der Waals surface area contributed by atoms with E-state index in [1.54, 1.807) is 24.0 Å². The SMILES string of the molecule is Cc1cc(C(C)N2Cc3c(ccnc3NC(=O)c3cnco3)C2=O)cnc1-n1cc(C(F)(F)F)cn1. The number of rotatable bonds is 5. The minimum absolute atomic E-state index is 0.00475. The van der Waals surface area contributed by atoms with E-state index in [2.05, 4.69) is 25.4 Å². The molecule has 1 aliphatic rings. The first kappa shape index (κ1) is 23.2. The fourth-order valence-corrected chi connectivity index (χ4v) is 3.99. The molecule has 0 bridgehead atoms. The van der Waals surface area contributed by atoms with Gasteiger partial charge in [0, 0.05) is 29.7 Å². The Hall–Kier alpha value is -4.55. The first-order valence-electron chi connectivity index (χ1n) is 10.7. The van der Waals surface area contributed by atoms with Crippen LogP contribution in [0.4, 0.5) is 19.0 Å². The van der Waals surface area contributed by atoms with Crippen LogP contribution in [0.5, 0.6) is 0 Å². The molecule has 1 aliphatic heterocycles. The molecule has 5 heterocycles. The molecule has 0 aliphatic carbocycles. The van der Waals surface area contributed by atoms with E-state index in [-0.39, 0.29) is 29.8 Å². The van der Waals surface area contributed by atoms with Crippen molar-refractivity contribution in [1.82, 2.24) is 29.6 Å². The van der Waals surface area contributed by atoms with Crippen LogP contribution in [0, 0.1) is 6.92 Å². The molecule has 0 radical (unpaired) electrons. The average Bonchev–Trinajstić information content (AvgIpc) is 3.59. The van der Waals surface area contributed by atoms with Gasteiger partial charge < -0.3 is 14.6 Å². The van der Waals surface area contributed by atoms with E-state index < -0.39 is 23.7 Å². The summed E-state index contributed by atoms with van der Waals surface area (Å²) in [5, 5.41) is 6.42. The van der Waals surface area contributed by atoms with Crippen LogP contribution >= 0.6 is 0 Å². The number of anilines is 1. The van der Waals surface area contributed by atoms with Gasteiger partial charge in [-0.2, -0.15) is 18.3 Å². The Kier molecular flexibility index (Phi) is 5.54. The quantitative estimate of drug-likeness (QED) is 0.444. The first-order chi connectivity index (χ1) is 17.1. The van der Waals surface area contributed by atoms with Crippen LogP contribution in [0.3, 0.4) is 0 Å². The molecule has 0 fully saturated rings. The third-order valence-corrected chi connectivity index (χ3v) is 5.91. The summed E-state index contributed by atoms with van der Waals surface area (Å²) in [6.45, 7) is 3.70. The molecular formula is C23H18F3N7O3. The molecule has 1 unspecified atom stereocenters. The van der Waals surface area contributed by atoms with Gasteiger partial charge in [0.1, 0.15) is 5.82 Å². The molecule has 5 rings (SSSR count). The van der Waals surface area contributed by atoms with Crippen molar-refractivity contribution in [2.45, 2.75) is 32.6 Å². The number of nitrogens with zero attached hydrogens (tertiary/aromatic N) is 6. The van der Waals surface area contributed by atoms with E-state index in [0.29, 0.717) is 22.3 Å². The number of alkyl halides is 3. The summed E-state index contributed by atoms with van der Waals surface area (Å²) in [6, 6.07) is 2.91. The number of aryl methyl sites for hydroxylation is 1. The number of aromatic nitrogens is 5. The summed E-state index contributed by atoms with van der Waals surface area (Å²) in [5.74, 6) is -0.307. The topological polar surface area (TPSA) is 119 Å². The lowest BCUT2D eigenvalue weighted by molar-refractivity contribution is -0.137. The summed E-state index contributed by atoms with van der Waals surface area (Å²) < 4.78 is 44.9. The maximum Gasteiger partial charge on any atom is 0.419 e. The number of fused-ring (bicyclic) bond motifs is 1. The van der Waals surface area contributed by atoms with E-state index in [1.165, 1.54) is 18.6 Å². The zero-order valence-corrected chi connectivity index (χ0v) is 18.9. The van der Waals surface area contributed by atoms with Crippen molar-refractivity contribution in [2.24, 2.45) is 0 Å². The van der Waals surface area contributed by atoms with Gasteiger partial charge in [0.05, 0.1) is 30.5 Å². The number of carbonyl (C=O) groups is 2. The highest BCUT2D eigenvalue weighted by atomic mass is 19.4. The number of carbonyl (C=O) groups excluding carboxylic acids is 2. The summed E-state index contributed by atoms with van der Waals surface area (Å²) >= 11 is 0. The number of oxazole rings is 1. The van der Waals surface area contributed by atoms with Crippen LogP contribution in [-0.4, -0.2) is 41.4 Å². The van der Waals surface area contributed by atoms with E-state index >= 15 is 0 Å². The van der Waals surface area contributed by atoms with Crippen LogP contribution in [0.2, 0.25) is 0 Å². The lowest BCUT2D eigenvalue weighted by atomic mass is 10.1. The predicted octanol–water partition coefficient (Wildman–Crippen LogP) is 3.95. The van der Waals surface area contributed by atoms with E-state index in [9.17, 15) is 22.8 Å². The Bertz CT molecular complexity index is 1460. The van der Waals surface area contributed by atoms with Gasteiger partial charge in [-0.1, -0.05) is 0 Å². The molecule has 184 valence electrons. The smallest absolute Gasteiger partial charge is 0.419 e. The van der Waals surface area contributed by atoms with Crippen molar-refractivity contribution >= 4 is 17.6 Å². The number of hydrogen-bond donors (Lipinski definition) is 1. The van der Waals surface area contributed by atoms with Crippen LogP contribution in [0.15, 0.2) is 53.9 Å². The molecule has 0 saturated carbocycles. The Labute approximate surface area is 201 Å². The summed E-state index contributed by atoms with van der Waals surface area (Å²) in [6.07, 6.45) is 2.44. The van der Waals surface area contributed by atoms with Crippen molar-refractivity contribution < 1.29 is 27.2 Å². The molecule has 10 nitrogen and oxygen atoms in total. The van der Waals surface area contributed by atoms with Crippen LogP contribution in [0.25, 0.3) is 5.82 Å². The summed E-state index contributed by atoms with van der Waals surface area (Å²) in [4.78, 5) is 39.4. The normalized spacial score (nSPS) is 14.1. The van der Waals surface area contributed by atoms with Crippen LogP contribution in [-0.2, 0) is 12.7 Å². The molecule has 4 aromatic rings. The van der Waals surface area contributed by atoms with Gasteiger partial charge in [-0.05, 0) is 37.1 Å².